The van der Waals surface area contributed by atoms with Crippen LogP contribution in [-0.4, -0.2) is 35.0 Å². The van der Waals surface area contributed by atoms with Crippen LogP contribution in [0, 0.1) is 10.1 Å². The molecule has 1 N–H and O–H groups in total. The summed E-state index contributed by atoms with van der Waals surface area (Å²) in [5.41, 5.74) is 3.00. The molecular weight excluding hydrogens is 260 g/mol. The summed E-state index contributed by atoms with van der Waals surface area (Å²) in [7, 11) is 3.10. The van der Waals surface area contributed by atoms with Crippen LogP contribution in [0.5, 0.6) is 0 Å². The summed E-state index contributed by atoms with van der Waals surface area (Å²) in [4.78, 5) is 22.5. The maximum absolute atomic E-state index is 11.3. The monoisotopic (exact) mass is 270 g/mol. The van der Waals surface area contributed by atoms with Crippen molar-refractivity contribution in [1.29, 1.82) is 0 Å². The summed E-state index contributed by atoms with van der Waals surface area (Å²) in [6.07, 6.45) is 0. The van der Waals surface area contributed by atoms with Gasteiger partial charge in [-0.1, -0.05) is 11.6 Å². The lowest BCUT2D eigenvalue weighted by molar-refractivity contribution is -0.384. The van der Waals surface area contributed by atoms with Crippen molar-refractivity contribution in [2.75, 3.05) is 19.5 Å². The largest absolute Gasteiger partial charge is 0.343 e. The molecule has 0 aliphatic rings. The fourth-order valence-corrected chi connectivity index (χ4v) is 1.21. The molecule has 0 saturated carbocycles. The van der Waals surface area contributed by atoms with E-state index in [1.807, 2.05) is 0 Å². The van der Waals surface area contributed by atoms with Gasteiger partial charge in [0.05, 0.1) is 10.6 Å². The van der Waals surface area contributed by atoms with Crippen LogP contribution in [0.2, 0.25) is 0 Å². The summed E-state index contributed by atoms with van der Waals surface area (Å²) < 4.78 is 0. The van der Waals surface area contributed by atoms with E-state index in [1.165, 1.54) is 29.2 Å². The van der Waals surface area contributed by atoms with E-state index in [0.29, 0.717) is 5.69 Å². The maximum Gasteiger partial charge on any atom is 0.285 e. The molecule has 1 rings (SSSR count). The molecule has 0 saturated heterocycles. The van der Waals surface area contributed by atoms with Crippen LogP contribution in [0.3, 0.4) is 0 Å². The molecular formula is C10H11ClN4O3. The van der Waals surface area contributed by atoms with Gasteiger partial charge in [0.2, 0.25) is 5.17 Å². The molecule has 1 aromatic rings. The van der Waals surface area contributed by atoms with Crippen molar-refractivity contribution in [3.8, 4) is 0 Å². The number of nitro benzene ring substituents is 1. The van der Waals surface area contributed by atoms with E-state index in [9.17, 15) is 14.9 Å². The molecule has 96 valence electrons. The van der Waals surface area contributed by atoms with Crippen LogP contribution < -0.4 is 5.43 Å². The number of hydrogen-bond acceptors (Lipinski definition) is 5. The number of halogens is 1. The lowest BCUT2D eigenvalue weighted by atomic mass is 10.3. The van der Waals surface area contributed by atoms with E-state index in [0.717, 1.165) is 0 Å². The minimum Gasteiger partial charge on any atom is -0.343 e. The van der Waals surface area contributed by atoms with Crippen molar-refractivity contribution in [2.24, 2.45) is 5.10 Å². The zero-order chi connectivity index (χ0) is 13.7. The second-order valence-corrected chi connectivity index (χ2v) is 3.88. The van der Waals surface area contributed by atoms with Gasteiger partial charge in [0, 0.05) is 26.2 Å². The highest BCUT2D eigenvalue weighted by Crippen LogP contribution is 2.15. The fourth-order valence-electron chi connectivity index (χ4n) is 1.00. The summed E-state index contributed by atoms with van der Waals surface area (Å²) in [5.74, 6) is -0.439. The number of rotatable bonds is 4. The molecule has 1 aromatic carbocycles. The average molecular weight is 271 g/mol. The number of nitrogens with one attached hydrogen (secondary N) is 1. The number of carbonyl (C=O) groups is 1. The van der Waals surface area contributed by atoms with Gasteiger partial charge in [0.15, 0.2) is 0 Å². The molecule has 0 heterocycles. The Morgan fingerprint density at radius 3 is 2.39 bits per heavy atom. The minimum absolute atomic E-state index is 0.0278. The second-order valence-electron chi connectivity index (χ2n) is 3.52. The minimum atomic E-state index is -0.504. The highest BCUT2D eigenvalue weighted by molar-refractivity contribution is 6.82. The van der Waals surface area contributed by atoms with Gasteiger partial charge in [-0.2, -0.15) is 5.10 Å². The molecule has 8 heteroatoms. The number of nitrogens with zero attached hydrogens (tertiary/aromatic N) is 3. The Bertz CT molecular complexity index is 484. The highest BCUT2D eigenvalue weighted by Gasteiger charge is 2.10. The predicted molar refractivity (Wildman–Crippen MR) is 68.7 cm³/mol. The molecule has 0 atom stereocenters. The maximum atomic E-state index is 11.3. The fraction of sp³-hybridized carbons (Fsp3) is 0.200. The zero-order valence-corrected chi connectivity index (χ0v) is 10.5. The number of hydrogen-bond donors (Lipinski definition) is 1. The topological polar surface area (TPSA) is 87.8 Å². The molecule has 7 nitrogen and oxygen atoms in total. The number of non-ortho nitro benzene ring substituents is 1. The summed E-state index contributed by atoms with van der Waals surface area (Å²) in [6, 6.07) is 5.57. The lowest BCUT2D eigenvalue weighted by Gasteiger charge is -2.08. The van der Waals surface area contributed by atoms with Crippen molar-refractivity contribution in [3.63, 3.8) is 0 Å². The van der Waals surface area contributed by atoms with E-state index in [4.69, 9.17) is 11.6 Å². The van der Waals surface area contributed by atoms with Gasteiger partial charge in [-0.3, -0.25) is 20.3 Å². The number of carbonyl (C=O) groups excluding carboxylic acids is 1. The second kappa shape index (κ2) is 5.97. The third-order valence-corrected chi connectivity index (χ3v) is 2.19. The number of anilines is 1. The average Bonchev–Trinajstić information content (AvgIpc) is 2.35. The summed E-state index contributed by atoms with van der Waals surface area (Å²) in [5, 5.41) is 13.9. The van der Waals surface area contributed by atoms with E-state index < -0.39 is 10.8 Å². The van der Waals surface area contributed by atoms with E-state index in [1.54, 1.807) is 14.1 Å². The smallest absolute Gasteiger partial charge is 0.285 e. The molecule has 0 aliphatic heterocycles. The number of hydrazone groups is 1. The van der Waals surface area contributed by atoms with Crippen LogP contribution in [0.1, 0.15) is 0 Å². The van der Waals surface area contributed by atoms with Crippen LogP contribution >= 0.6 is 11.6 Å². The number of benzene rings is 1. The van der Waals surface area contributed by atoms with Crippen molar-refractivity contribution < 1.29 is 9.72 Å². The van der Waals surface area contributed by atoms with E-state index >= 15 is 0 Å². The van der Waals surface area contributed by atoms with Gasteiger partial charge in [0.25, 0.3) is 11.6 Å². The van der Waals surface area contributed by atoms with Gasteiger partial charge in [-0.15, -0.1) is 0 Å². The molecule has 0 unspecified atom stereocenters. The quantitative estimate of drug-likeness (QED) is 0.512. The summed E-state index contributed by atoms with van der Waals surface area (Å²) >= 11 is 5.65. The van der Waals surface area contributed by atoms with Gasteiger partial charge in [-0.05, 0) is 12.1 Å². The summed E-state index contributed by atoms with van der Waals surface area (Å²) in [6.45, 7) is 0. The Morgan fingerprint density at radius 1 is 1.39 bits per heavy atom. The zero-order valence-electron chi connectivity index (χ0n) is 9.75. The third kappa shape index (κ3) is 3.70. The van der Waals surface area contributed by atoms with Gasteiger partial charge >= 0.3 is 0 Å². The Labute approximate surface area is 108 Å². The van der Waals surface area contributed by atoms with E-state index in [2.05, 4.69) is 10.5 Å². The van der Waals surface area contributed by atoms with Crippen molar-refractivity contribution in [3.05, 3.63) is 34.4 Å². The molecule has 18 heavy (non-hydrogen) atoms. The van der Waals surface area contributed by atoms with Crippen LogP contribution in [0.25, 0.3) is 0 Å². The Balaban J connectivity index is 2.71. The lowest BCUT2D eigenvalue weighted by Crippen LogP contribution is -2.27. The highest BCUT2D eigenvalue weighted by atomic mass is 35.5. The number of amides is 1. The molecule has 0 bridgehead atoms. The first-order valence-electron chi connectivity index (χ1n) is 4.87. The standard InChI is InChI=1S/C10H11ClN4O3/c1-14(2)10(16)9(11)13-12-7-3-5-8(6-4-7)15(17)18/h3-6,12H,1-2H3/b13-9-. The van der Waals surface area contributed by atoms with Crippen molar-refractivity contribution >= 4 is 34.1 Å². The first-order chi connectivity index (χ1) is 8.41. The molecule has 0 aliphatic carbocycles. The first-order valence-corrected chi connectivity index (χ1v) is 5.25. The van der Waals surface area contributed by atoms with Crippen LogP contribution in [0.15, 0.2) is 29.4 Å². The Hall–Kier alpha value is -2.15. The molecule has 0 aromatic heterocycles. The number of nitro groups is 1. The third-order valence-electron chi connectivity index (χ3n) is 1.94. The Kier molecular flexibility index (Phi) is 4.61. The first kappa shape index (κ1) is 13.9. The van der Waals surface area contributed by atoms with Crippen molar-refractivity contribution in [2.45, 2.75) is 0 Å². The van der Waals surface area contributed by atoms with Crippen molar-refractivity contribution in [1.82, 2.24) is 4.90 Å². The van der Waals surface area contributed by atoms with Crippen LogP contribution in [-0.2, 0) is 4.79 Å². The van der Waals surface area contributed by atoms with E-state index in [-0.39, 0.29) is 10.9 Å². The SMILES string of the molecule is CN(C)C(=O)/C(Cl)=N/Nc1ccc([N+](=O)[O-])cc1. The van der Waals surface area contributed by atoms with Gasteiger partial charge in [-0.25, -0.2) is 0 Å². The van der Waals surface area contributed by atoms with Gasteiger partial charge < -0.3 is 4.90 Å². The Morgan fingerprint density at radius 2 is 1.94 bits per heavy atom. The molecule has 0 spiro atoms. The predicted octanol–water partition coefficient (Wildman–Crippen LogP) is 1.65. The van der Waals surface area contributed by atoms with Gasteiger partial charge in [0.1, 0.15) is 0 Å². The normalized spacial score (nSPS) is 10.9. The van der Waals surface area contributed by atoms with Crippen LogP contribution in [0.4, 0.5) is 11.4 Å². The molecule has 1 amide bonds. The molecule has 0 radical (unpaired) electrons. The molecule has 0 fully saturated rings.